The van der Waals surface area contributed by atoms with Crippen LogP contribution >= 0.6 is 0 Å². The Hall–Kier alpha value is -2.11. The predicted molar refractivity (Wildman–Crippen MR) is 74.4 cm³/mol. The summed E-state index contributed by atoms with van der Waals surface area (Å²) >= 11 is 0. The van der Waals surface area contributed by atoms with Crippen LogP contribution in [-0.4, -0.2) is 33.7 Å². The highest BCUT2D eigenvalue weighted by atomic mass is 16.5. The number of carbonyl (C=O) groups excluding carboxylic acids is 1. The molecule has 1 aliphatic carbocycles. The maximum atomic E-state index is 11.5. The molecule has 1 saturated carbocycles. The number of rotatable bonds is 3. The summed E-state index contributed by atoms with van der Waals surface area (Å²) < 4.78 is 6.61. The van der Waals surface area contributed by atoms with Crippen molar-refractivity contribution in [3.8, 4) is 0 Å². The lowest BCUT2D eigenvalue weighted by atomic mass is 9.86. The molecule has 2 heterocycles. The summed E-state index contributed by atoms with van der Waals surface area (Å²) in [6, 6.07) is 2.29. The summed E-state index contributed by atoms with van der Waals surface area (Å²) in [6.07, 6.45) is 8.97. The van der Waals surface area contributed by atoms with Crippen LogP contribution in [0, 0.1) is 5.92 Å². The molecule has 0 aromatic carbocycles. The number of carbonyl (C=O) groups is 1. The number of aromatic nitrogens is 3. The van der Waals surface area contributed by atoms with Gasteiger partial charge >= 0.3 is 5.97 Å². The number of fused-ring (bicyclic) bond motifs is 1. The second kappa shape index (κ2) is 5.48. The van der Waals surface area contributed by atoms with E-state index in [2.05, 4.69) is 15.4 Å². The van der Waals surface area contributed by atoms with Gasteiger partial charge in [0, 0.05) is 18.4 Å². The summed E-state index contributed by atoms with van der Waals surface area (Å²) in [5.41, 5.74) is 0.975. The van der Waals surface area contributed by atoms with E-state index < -0.39 is 0 Å². The fraction of sp³-hybridized carbons (Fsp3) is 0.500. The molecule has 0 aliphatic heterocycles. The molecular weight excluding hydrogens is 256 g/mol. The largest absolute Gasteiger partial charge is 0.469 e. The van der Waals surface area contributed by atoms with Crippen LogP contribution in [0.2, 0.25) is 0 Å². The third-order valence-corrected chi connectivity index (χ3v) is 3.93. The Morgan fingerprint density at radius 3 is 2.90 bits per heavy atom. The minimum absolute atomic E-state index is 0.0526. The average Bonchev–Trinajstić information content (AvgIpc) is 2.97. The van der Waals surface area contributed by atoms with Crippen LogP contribution in [0.3, 0.4) is 0 Å². The minimum Gasteiger partial charge on any atom is -0.469 e. The topological polar surface area (TPSA) is 68.5 Å². The Morgan fingerprint density at radius 1 is 1.35 bits per heavy atom. The fourth-order valence-electron chi connectivity index (χ4n) is 2.80. The summed E-state index contributed by atoms with van der Waals surface area (Å²) in [5.74, 6) is 0.822. The number of nitrogens with zero attached hydrogens (tertiary/aromatic N) is 3. The van der Waals surface area contributed by atoms with Crippen molar-refractivity contribution in [3.05, 3.63) is 24.7 Å². The molecule has 1 N–H and O–H groups in total. The van der Waals surface area contributed by atoms with Crippen LogP contribution in [0.15, 0.2) is 24.7 Å². The molecule has 0 unspecified atom stereocenters. The van der Waals surface area contributed by atoms with Crippen molar-refractivity contribution >= 4 is 17.3 Å². The quantitative estimate of drug-likeness (QED) is 0.865. The van der Waals surface area contributed by atoms with Crippen LogP contribution in [0.4, 0.5) is 5.82 Å². The van der Waals surface area contributed by atoms with E-state index in [1.807, 2.05) is 12.3 Å². The van der Waals surface area contributed by atoms with Crippen molar-refractivity contribution in [3.63, 3.8) is 0 Å². The second-order valence-corrected chi connectivity index (χ2v) is 5.15. The van der Waals surface area contributed by atoms with E-state index in [1.165, 1.54) is 7.11 Å². The summed E-state index contributed by atoms with van der Waals surface area (Å²) in [4.78, 5) is 15.9. The smallest absolute Gasteiger partial charge is 0.308 e. The van der Waals surface area contributed by atoms with E-state index in [0.29, 0.717) is 6.04 Å². The molecule has 0 bridgehead atoms. The van der Waals surface area contributed by atoms with Gasteiger partial charge in [-0.1, -0.05) is 0 Å². The van der Waals surface area contributed by atoms with Gasteiger partial charge in [-0.2, -0.15) is 5.10 Å². The van der Waals surface area contributed by atoms with E-state index in [0.717, 1.165) is 37.0 Å². The standard InChI is InChI=1S/C14H18N4O2/c1-20-14(19)10-2-4-11(5-3-10)17-13-12-6-7-16-18(12)9-8-15-13/h6-11H,2-5H2,1H3,(H,15,17). The first-order chi connectivity index (χ1) is 9.78. The molecule has 1 aliphatic rings. The number of esters is 1. The molecule has 106 valence electrons. The average molecular weight is 274 g/mol. The van der Waals surface area contributed by atoms with Gasteiger partial charge in [0.05, 0.1) is 19.2 Å². The van der Waals surface area contributed by atoms with Gasteiger partial charge in [0.25, 0.3) is 0 Å². The van der Waals surface area contributed by atoms with Crippen LogP contribution in [0.5, 0.6) is 0 Å². The lowest BCUT2D eigenvalue weighted by Crippen LogP contribution is -2.30. The molecule has 6 nitrogen and oxygen atoms in total. The molecule has 2 aromatic heterocycles. The molecule has 0 radical (unpaired) electrons. The highest BCUT2D eigenvalue weighted by Crippen LogP contribution is 2.27. The Balaban J connectivity index is 1.65. The van der Waals surface area contributed by atoms with Gasteiger partial charge in [-0.25, -0.2) is 9.50 Å². The number of ether oxygens (including phenoxy) is 1. The van der Waals surface area contributed by atoms with Gasteiger partial charge in [0.1, 0.15) is 5.52 Å². The molecule has 0 spiro atoms. The van der Waals surface area contributed by atoms with E-state index in [9.17, 15) is 4.79 Å². The van der Waals surface area contributed by atoms with Crippen molar-refractivity contribution in [2.45, 2.75) is 31.7 Å². The Morgan fingerprint density at radius 2 is 2.15 bits per heavy atom. The maximum Gasteiger partial charge on any atom is 0.308 e. The molecule has 2 aromatic rings. The van der Waals surface area contributed by atoms with E-state index in [-0.39, 0.29) is 11.9 Å². The highest BCUT2D eigenvalue weighted by Gasteiger charge is 2.27. The normalized spacial score (nSPS) is 22.6. The number of hydrogen-bond donors (Lipinski definition) is 1. The zero-order valence-corrected chi connectivity index (χ0v) is 11.5. The SMILES string of the molecule is COC(=O)C1CCC(Nc2nccn3nccc23)CC1. The van der Waals surface area contributed by atoms with Crippen molar-refractivity contribution in [1.82, 2.24) is 14.6 Å². The third-order valence-electron chi connectivity index (χ3n) is 3.93. The number of methoxy groups -OCH3 is 1. The molecule has 3 rings (SSSR count). The van der Waals surface area contributed by atoms with Crippen molar-refractivity contribution in [2.24, 2.45) is 5.92 Å². The maximum absolute atomic E-state index is 11.5. The Kier molecular flexibility index (Phi) is 3.54. The Bertz CT molecular complexity index is 602. The van der Waals surface area contributed by atoms with Crippen molar-refractivity contribution < 1.29 is 9.53 Å². The van der Waals surface area contributed by atoms with Crippen LogP contribution in [0.25, 0.3) is 5.52 Å². The van der Waals surface area contributed by atoms with Crippen molar-refractivity contribution in [2.75, 3.05) is 12.4 Å². The predicted octanol–water partition coefficient (Wildman–Crippen LogP) is 1.87. The molecular formula is C14H18N4O2. The number of anilines is 1. The van der Waals surface area contributed by atoms with Gasteiger partial charge in [0.15, 0.2) is 5.82 Å². The first-order valence-electron chi connectivity index (χ1n) is 6.90. The Labute approximate surface area is 117 Å². The van der Waals surface area contributed by atoms with Gasteiger partial charge < -0.3 is 10.1 Å². The van der Waals surface area contributed by atoms with Crippen molar-refractivity contribution in [1.29, 1.82) is 0 Å². The van der Waals surface area contributed by atoms with E-state index >= 15 is 0 Å². The van der Waals surface area contributed by atoms with E-state index in [4.69, 9.17) is 4.74 Å². The molecule has 20 heavy (non-hydrogen) atoms. The van der Waals surface area contributed by atoms with Gasteiger partial charge in [-0.3, -0.25) is 4.79 Å². The van der Waals surface area contributed by atoms with Crippen LogP contribution in [-0.2, 0) is 9.53 Å². The molecule has 1 fully saturated rings. The van der Waals surface area contributed by atoms with Gasteiger partial charge in [-0.05, 0) is 31.7 Å². The lowest BCUT2D eigenvalue weighted by Gasteiger charge is -2.28. The van der Waals surface area contributed by atoms with E-state index in [1.54, 1.807) is 16.9 Å². The number of nitrogens with one attached hydrogen (secondary N) is 1. The third kappa shape index (κ3) is 2.45. The molecule has 0 saturated heterocycles. The monoisotopic (exact) mass is 274 g/mol. The molecule has 0 atom stereocenters. The highest BCUT2D eigenvalue weighted by molar-refractivity contribution is 5.72. The lowest BCUT2D eigenvalue weighted by molar-refractivity contribution is -0.146. The second-order valence-electron chi connectivity index (χ2n) is 5.15. The number of hydrogen-bond acceptors (Lipinski definition) is 5. The minimum atomic E-state index is -0.0838. The zero-order valence-electron chi connectivity index (χ0n) is 11.5. The summed E-state index contributed by atoms with van der Waals surface area (Å²) in [7, 11) is 1.46. The first-order valence-corrected chi connectivity index (χ1v) is 6.90. The molecule has 0 amide bonds. The van der Waals surface area contributed by atoms with Gasteiger partial charge in [-0.15, -0.1) is 0 Å². The summed E-state index contributed by atoms with van der Waals surface area (Å²) in [6.45, 7) is 0. The van der Waals surface area contributed by atoms with Crippen LogP contribution < -0.4 is 5.32 Å². The van der Waals surface area contributed by atoms with Crippen LogP contribution in [0.1, 0.15) is 25.7 Å². The van der Waals surface area contributed by atoms with Gasteiger partial charge in [0.2, 0.25) is 0 Å². The zero-order chi connectivity index (χ0) is 13.9. The fourth-order valence-corrected chi connectivity index (χ4v) is 2.80. The summed E-state index contributed by atoms with van der Waals surface area (Å²) in [5, 5.41) is 7.66. The molecule has 6 heteroatoms. The first kappa shape index (κ1) is 12.9.